The number of aliphatic carboxylic acids is 1. The highest BCUT2D eigenvalue weighted by Crippen LogP contribution is 2.14. The van der Waals surface area contributed by atoms with Crippen LogP contribution in [0.5, 0.6) is 0 Å². The fourth-order valence-electron chi connectivity index (χ4n) is 2.58. The van der Waals surface area contributed by atoms with Gasteiger partial charge in [-0.1, -0.05) is 45.0 Å². The average molecular weight is 379 g/mol. The molecule has 150 valence electrons. The van der Waals surface area contributed by atoms with Gasteiger partial charge in [-0.25, -0.2) is 4.79 Å². The standard InChI is InChI=1S/C20H29NO6/c1-5-18(22)26-14(4)27-20(25)21-12-17(19(23)24)11-16-8-6-7-15(10-16)9-13(2)3/h6-8,10,13-14,17H,5,9,11-12H2,1-4H3,(H,21,25)(H,23,24)/t14-,17-/m0/s1. The number of hydrogen-bond donors (Lipinski definition) is 2. The van der Waals surface area contributed by atoms with Gasteiger partial charge in [0.25, 0.3) is 0 Å². The van der Waals surface area contributed by atoms with Crippen molar-refractivity contribution < 1.29 is 29.0 Å². The number of hydrogen-bond acceptors (Lipinski definition) is 5. The summed E-state index contributed by atoms with van der Waals surface area (Å²) < 4.78 is 9.71. The molecule has 2 atom stereocenters. The monoisotopic (exact) mass is 379 g/mol. The number of carbonyl (C=O) groups excluding carboxylic acids is 2. The molecule has 0 fully saturated rings. The van der Waals surface area contributed by atoms with E-state index >= 15 is 0 Å². The zero-order chi connectivity index (χ0) is 20.4. The second kappa shape index (κ2) is 11.2. The molecule has 27 heavy (non-hydrogen) atoms. The van der Waals surface area contributed by atoms with Crippen LogP contribution < -0.4 is 5.32 Å². The summed E-state index contributed by atoms with van der Waals surface area (Å²) in [4.78, 5) is 34.4. The summed E-state index contributed by atoms with van der Waals surface area (Å²) in [6, 6.07) is 7.82. The fourth-order valence-corrected chi connectivity index (χ4v) is 2.58. The number of alkyl carbamates (subject to hydrolysis) is 1. The molecule has 0 saturated heterocycles. The van der Waals surface area contributed by atoms with E-state index in [0.717, 1.165) is 17.5 Å². The molecule has 0 spiro atoms. The Hall–Kier alpha value is -2.57. The van der Waals surface area contributed by atoms with Crippen molar-refractivity contribution in [2.75, 3.05) is 6.54 Å². The Morgan fingerprint density at radius 1 is 1.07 bits per heavy atom. The van der Waals surface area contributed by atoms with Crippen LogP contribution in [0, 0.1) is 11.8 Å². The Labute approximate surface area is 160 Å². The molecule has 0 aliphatic carbocycles. The topological polar surface area (TPSA) is 102 Å². The summed E-state index contributed by atoms with van der Waals surface area (Å²) in [5.41, 5.74) is 2.06. The molecular formula is C20H29NO6. The third-order valence-electron chi connectivity index (χ3n) is 3.82. The van der Waals surface area contributed by atoms with E-state index in [-0.39, 0.29) is 13.0 Å². The van der Waals surface area contributed by atoms with Crippen LogP contribution in [-0.4, -0.2) is 36.0 Å². The highest BCUT2D eigenvalue weighted by Gasteiger charge is 2.21. The van der Waals surface area contributed by atoms with E-state index in [9.17, 15) is 19.5 Å². The molecule has 0 saturated carbocycles. The van der Waals surface area contributed by atoms with E-state index < -0.39 is 30.2 Å². The largest absolute Gasteiger partial charge is 0.481 e. The smallest absolute Gasteiger partial charge is 0.410 e. The lowest BCUT2D eigenvalue weighted by molar-refractivity contribution is -0.164. The lowest BCUT2D eigenvalue weighted by Crippen LogP contribution is -2.36. The Kier molecular flexibility index (Phi) is 9.33. The van der Waals surface area contributed by atoms with Gasteiger partial charge in [-0.2, -0.15) is 0 Å². The predicted octanol–water partition coefficient (Wildman–Crippen LogP) is 3.15. The molecule has 1 rings (SSSR count). The third-order valence-corrected chi connectivity index (χ3v) is 3.82. The first-order valence-electron chi connectivity index (χ1n) is 9.15. The van der Waals surface area contributed by atoms with Gasteiger partial charge in [0.1, 0.15) is 0 Å². The van der Waals surface area contributed by atoms with E-state index in [1.807, 2.05) is 24.3 Å². The first-order valence-corrected chi connectivity index (χ1v) is 9.15. The van der Waals surface area contributed by atoms with Crippen molar-refractivity contribution in [1.82, 2.24) is 5.32 Å². The van der Waals surface area contributed by atoms with Gasteiger partial charge in [0.2, 0.25) is 6.29 Å². The minimum absolute atomic E-state index is 0.0863. The number of nitrogens with one attached hydrogen (secondary N) is 1. The molecule has 0 radical (unpaired) electrons. The quantitative estimate of drug-likeness (QED) is 0.478. The van der Waals surface area contributed by atoms with E-state index in [4.69, 9.17) is 9.47 Å². The van der Waals surface area contributed by atoms with Crippen LogP contribution in [0.3, 0.4) is 0 Å². The molecule has 0 aliphatic rings. The number of carboxylic acid groups (broad SMARTS) is 1. The van der Waals surface area contributed by atoms with E-state index in [1.165, 1.54) is 6.92 Å². The minimum Gasteiger partial charge on any atom is -0.481 e. The van der Waals surface area contributed by atoms with E-state index in [0.29, 0.717) is 12.3 Å². The van der Waals surface area contributed by atoms with Crippen LogP contribution in [0.2, 0.25) is 0 Å². The number of benzene rings is 1. The number of carboxylic acids is 1. The normalized spacial score (nSPS) is 12.9. The molecule has 0 bridgehead atoms. The third kappa shape index (κ3) is 9.08. The number of carbonyl (C=O) groups is 3. The van der Waals surface area contributed by atoms with Gasteiger partial charge in [0, 0.05) is 19.9 Å². The second-order valence-electron chi connectivity index (χ2n) is 6.85. The molecule has 0 unspecified atom stereocenters. The van der Waals surface area contributed by atoms with Crippen LogP contribution in [0.25, 0.3) is 0 Å². The zero-order valence-corrected chi connectivity index (χ0v) is 16.4. The minimum atomic E-state index is -1.03. The van der Waals surface area contributed by atoms with Gasteiger partial charge in [0.15, 0.2) is 0 Å². The molecule has 7 heteroatoms. The SMILES string of the molecule is CCC(=O)O[C@H](C)OC(=O)NC[C@H](Cc1cccc(CC(C)C)c1)C(=O)O. The van der Waals surface area contributed by atoms with Crippen LogP contribution >= 0.6 is 0 Å². The maximum atomic E-state index is 11.8. The summed E-state index contributed by atoms with van der Waals surface area (Å²) in [7, 11) is 0. The highest BCUT2D eigenvalue weighted by molar-refractivity contribution is 5.73. The maximum Gasteiger partial charge on any atom is 0.410 e. The van der Waals surface area contributed by atoms with Crippen molar-refractivity contribution in [3.05, 3.63) is 35.4 Å². The van der Waals surface area contributed by atoms with Crippen molar-refractivity contribution in [2.45, 2.75) is 53.2 Å². The second-order valence-corrected chi connectivity index (χ2v) is 6.85. The Morgan fingerprint density at radius 2 is 1.70 bits per heavy atom. The molecule has 1 aromatic rings. The Bertz CT molecular complexity index is 643. The molecule has 7 nitrogen and oxygen atoms in total. The van der Waals surface area contributed by atoms with Gasteiger partial charge in [-0.3, -0.25) is 9.59 Å². The Balaban J connectivity index is 2.58. The highest BCUT2D eigenvalue weighted by atomic mass is 16.7. The summed E-state index contributed by atoms with van der Waals surface area (Å²) in [5.74, 6) is -1.77. The van der Waals surface area contributed by atoms with Crippen LogP contribution in [0.1, 0.15) is 45.2 Å². The first-order chi connectivity index (χ1) is 12.7. The maximum absolute atomic E-state index is 11.8. The van der Waals surface area contributed by atoms with Crippen molar-refractivity contribution in [3.8, 4) is 0 Å². The lowest BCUT2D eigenvalue weighted by atomic mass is 9.95. The van der Waals surface area contributed by atoms with Crippen molar-refractivity contribution in [1.29, 1.82) is 0 Å². The summed E-state index contributed by atoms with van der Waals surface area (Å²) in [6.07, 6.45) is -0.474. The van der Waals surface area contributed by atoms with Crippen LogP contribution in [-0.2, 0) is 31.9 Å². The van der Waals surface area contributed by atoms with Crippen molar-refractivity contribution in [3.63, 3.8) is 0 Å². The zero-order valence-electron chi connectivity index (χ0n) is 16.4. The fraction of sp³-hybridized carbons (Fsp3) is 0.550. The van der Waals surface area contributed by atoms with Crippen molar-refractivity contribution >= 4 is 18.0 Å². The van der Waals surface area contributed by atoms with Gasteiger partial charge in [-0.05, 0) is 29.9 Å². The molecule has 0 aliphatic heterocycles. The molecule has 0 aromatic heterocycles. The Morgan fingerprint density at radius 3 is 2.26 bits per heavy atom. The number of ether oxygens (including phenoxy) is 2. The summed E-state index contributed by atoms with van der Waals surface area (Å²) >= 11 is 0. The van der Waals surface area contributed by atoms with E-state index in [1.54, 1.807) is 6.92 Å². The summed E-state index contributed by atoms with van der Waals surface area (Å²) in [5, 5.41) is 11.9. The molecule has 2 N–H and O–H groups in total. The van der Waals surface area contributed by atoms with Crippen LogP contribution in [0.4, 0.5) is 4.79 Å². The predicted molar refractivity (Wildman–Crippen MR) is 100 cm³/mol. The number of esters is 1. The van der Waals surface area contributed by atoms with Crippen LogP contribution in [0.15, 0.2) is 24.3 Å². The van der Waals surface area contributed by atoms with Gasteiger partial charge in [-0.15, -0.1) is 0 Å². The van der Waals surface area contributed by atoms with Gasteiger partial charge < -0.3 is 19.9 Å². The molecule has 1 amide bonds. The molecule has 1 aromatic carbocycles. The van der Waals surface area contributed by atoms with Gasteiger partial charge in [0.05, 0.1) is 5.92 Å². The average Bonchev–Trinajstić information content (AvgIpc) is 2.57. The van der Waals surface area contributed by atoms with Crippen molar-refractivity contribution in [2.24, 2.45) is 11.8 Å². The van der Waals surface area contributed by atoms with E-state index in [2.05, 4.69) is 19.2 Å². The molecular weight excluding hydrogens is 350 g/mol. The lowest BCUT2D eigenvalue weighted by Gasteiger charge is -2.17. The number of rotatable bonds is 10. The summed E-state index contributed by atoms with van der Waals surface area (Å²) in [6.45, 7) is 7.21. The molecule has 0 heterocycles. The first kappa shape index (κ1) is 22.5. The van der Waals surface area contributed by atoms with Gasteiger partial charge >= 0.3 is 18.0 Å². The number of amides is 1.